The van der Waals surface area contributed by atoms with Crippen molar-refractivity contribution < 1.29 is 5.11 Å². The van der Waals surface area contributed by atoms with E-state index in [4.69, 9.17) is 0 Å². The molecule has 3 nitrogen and oxygen atoms in total. The van der Waals surface area contributed by atoms with Crippen LogP contribution in [-0.2, 0) is 0 Å². The van der Waals surface area contributed by atoms with E-state index in [1.165, 1.54) is 0 Å². The number of rotatable bonds is 3. The Bertz CT molecular complexity index is 423. The van der Waals surface area contributed by atoms with E-state index in [2.05, 4.69) is 9.97 Å². The molecule has 0 bridgehead atoms. The van der Waals surface area contributed by atoms with Crippen LogP contribution in [0.2, 0.25) is 0 Å². The lowest BCUT2D eigenvalue weighted by atomic mass is 9.96. The van der Waals surface area contributed by atoms with E-state index in [1.54, 1.807) is 12.4 Å². The highest BCUT2D eigenvalue weighted by atomic mass is 16.3. The fraction of sp³-hybridized carbons (Fsp3) is 0.250. The fourth-order valence-corrected chi connectivity index (χ4v) is 1.65. The molecule has 0 aliphatic carbocycles. The van der Waals surface area contributed by atoms with Gasteiger partial charge in [-0.25, -0.2) is 4.98 Å². The maximum Gasteiger partial charge on any atom is 0.137 e. The zero-order valence-corrected chi connectivity index (χ0v) is 8.64. The lowest BCUT2D eigenvalue weighted by Gasteiger charge is -2.12. The standard InChI is InChI=1S/C12H14N2O/c1-9(8-15)10-4-2-3-5-11(10)12-13-6-7-14-12/h2-7,9,15H,8H2,1H3,(H,13,14). The number of aliphatic hydroxyl groups is 1. The molecular weight excluding hydrogens is 188 g/mol. The van der Waals surface area contributed by atoms with Gasteiger partial charge in [-0.15, -0.1) is 0 Å². The summed E-state index contributed by atoms with van der Waals surface area (Å²) in [4.78, 5) is 7.31. The molecule has 0 spiro atoms. The van der Waals surface area contributed by atoms with Gasteiger partial charge in [0.1, 0.15) is 5.82 Å². The van der Waals surface area contributed by atoms with E-state index in [0.717, 1.165) is 17.0 Å². The molecular formula is C12H14N2O. The molecule has 78 valence electrons. The molecule has 3 heteroatoms. The van der Waals surface area contributed by atoms with E-state index in [0.29, 0.717) is 0 Å². The number of aromatic nitrogens is 2. The van der Waals surface area contributed by atoms with Gasteiger partial charge in [0, 0.05) is 30.5 Å². The molecule has 0 fully saturated rings. The maximum absolute atomic E-state index is 9.18. The monoisotopic (exact) mass is 202 g/mol. The Morgan fingerprint density at radius 1 is 1.40 bits per heavy atom. The molecule has 1 atom stereocenters. The molecule has 1 heterocycles. The topological polar surface area (TPSA) is 48.9 Å². The third-order valence-electron chi connectivity index (χ3n) is 2.52. The average Bonchev–Trinajstić information content (AvgIpc) is 2.81. The number of benzene rings is 1. The minimum absolute atomic E-state index is 0.131. The number of nitrogens with zero attached hydrogens (tertiary/aromatic N) is 1. The van der Waals surface area contributed by atoms with Crippen LogP contribution in [0.5, 0.6) is 0 Å². The Hall–Kier alpha value is -1.61. The van der Waals surface area contributed by atoms with Crippen molar-refractivity contribution in [1.29, 1.82) is 0 Å². The predicted octanol–water partition coefficient (Wildman–Crippen LogP) is 2.17. The first-order valence-electron chi connectivity index (χ1n) is 5.02. The third kappa shape index (κ3) is 1.92. The van der Waals surface area contributed by atoms with Gasteiger partial charge < -0.3 is 10.1 Å². The molecule has 0 aliphatic heterocycles. The second-order valence-electron chi connectivity index (χ2n) is 3.61. The number of hydrogen-bond donors (Lipinski definition) is 2. The highest BCUT2D eigenvalue weighted by molar-refractivity contribution is 5.60. The van der Waals surface area contributed by atoms with E-state index < -0.39 is 0 Å². The van der Waals surface area contributed by atoms with Crippen LogP contribution in [0.15, 0.2) is 36.7 Å². The Kier molecular flexibility index (Phi) is 2.83. The van der Waals surface area contributed by atoms with Gasteiger partial charge >= 0.3 is 0 Å². The molecule has 1 unspecified atom stereocenters. The first kappa shape index (κ1) is 9.93. The number of imidazole rings is 1. The summed E-state index contributed by atoms with van der Waals surface area (Å²) in [5, 5.41) is 9.18. The molecule has 2 aromatic rings. The van der Waals surface area contributed by atoms with Gasteiger partial charge in [-0.3, -0.25) is 0 Å². The number of hydrogen-bond acceptors (Lipinski definition) is 2. The fourth-order valence-electron chi connectivity index (χ4n) is 1.65. The number of H-pyrrole nitrogens is 1. The highest BCUT2D eigenvalue weighted by Gasteiger charge is 2.11. The van der Waals surface area contributed by atoms with Crippen LogP contribution in [0.25, 0.3) is 11.4 Å². The molecule has 1 aromatic heterocycles. The van der Waals surface area contributed by atoms with Gasteiger partial charge in [0.25, 0.3) is 0 Å². The van der Waals surface area contributed by atoms with Gasteiger partial charge in [0.15, 0.2) is 0 Å². The Morgan fingerprint density at radius 3 is 2.87 bits per heavy atom. The zero-order valence-electron chi connectivity index (χ0n) is 8.64. The minimum atomic E-state index is 0.131. The second kappa shape index (κ2) is 4.28. The molecule has 0 amide bonds. The summed E-state index contributed by atoms with van der Waals surface area (Å²) in [6.07, 6.45) is 3.53. The summed E-state index contributed by atoms with van der Waals surface area (Å²) >= 11 is 0. The van der Waals surface area contributed by atoms with Crippen molar-refractivity contribution >= 4 is 0 Å². The Balaban J connectivity index is 2.47. The summed E-state index contributed by atoms with van der Waals surface area (Å²) in [5.74, 6) is 0.984. The summed E-state index contributed by atoms with van der Waals surface area (Å²) in [6.45, 7) is 2.15. The predicted molar refractivity (Wildman–Crippen MR) is 59.5 cm³/mol. The smallest absolute Gasteiger partial charge is 0.137 e. The first-order chi connectivity index (χ1) is 7.33. The molecule has 15 heavy (non-hydrogen) atoms. The van der Waals surface area contributed by atoms with Crippen molar-refractivity contribution in [2.45, 2.75) is 12.8 Å². The van der Waals surface area contributed by atoms with Crippen LogP contribution in [-0.4, -0.2) is 21.7 Å². The van der Waals surface area contributed by atoms with Crippen molar-refractivity contribution in [3.8, 4) is 11.4 Å². The van der Waals surface area contributed by atoms with Crippen LogP contribution >= 0.6 is 0 Å². The Labute approximate surface area is 88.8 Å². The number of aromatic amines is 1. The second-order valence-corrected chi connectivity index (χ2v) is 3.61. The van der Waals surface area contributed by atoms with E-state index in [9.17, 15) is 5.11 Å². The summed E-state index contributed by atoms with van der Waals surface area (Å²) in [7, 11) is 0. The summed E-state index contributed by atoms with van der Waals surface area (Å²) in [5.41, 5.74) is 2.18. The van der Waals surface area contributed by atoms with Crippen molar-refractivity contribution in [1.82, 2.24) is 9.97 Å². The first-order valence-corrected chi connectivity index (χ1v) is 5.02. The van der Waals surface area contributed by atoms with Gasteiger partial charge in [-0.2, -0.15) is 0 Å². The normalized spacial score (nSPS) is 12.7. The Morgan fingerprint density at radius 2 is 2.20 bits per heavy atom. The van der Waals surface area contributed by atoms with Crippen molar-refractivity contribution in [3.05, 3.63) is 42.2 Å². The number of nitrogens with one attached hydrogen (secondary N) is 1. The van der Waals surface area contributed by atoms with Gasteiger partial charge in [-0.1, -0.05) is 31.2 Å². The van der Waals surface area contributed by atoms with Crippen LogP contribution in [0.3, 0.4) is 0 Å². The quantitative estimate of drug-likeness (QED) is 0.801. The number of aliphatic hydroxyl groups excluding tert-OH is 1. The molecule has 2 N–H and O–H groups in total. The van der Waals surface area contributed by atoms with Gasteiger partial charge in [0.05, 0.1) is 0 Å². The molecule has 0 radical (unpaired) electrons. The van der Waals surface area contributed by atoms with Crippen molar-refractivity contribution in [2.24, 2.45) is 0 Å². The van der Waals surface area contributed by atoms with Crippen LogP contribution in [0.1, 0.15) is 18.4 Å². The average molecular weight is 202 g/mol. The van der Waals surface area contributed by atoms with E-state index in [1.807, 2.05) is 31.2 Å². The SMILES string of the molecule is CC(CO)c1ccccc1-c1ncc[nH]1. The summed E-state index contributed by atoms with van der Waals surface area (Å²) in [6, 6.07) is 8.00. The largest absolute Gasteiger partial charge is 0.396 e. The van der Waals surface area contributed by atoms with Gasteiger partial charge in [-0.05, 0) is 5.56 Å². The van der Waals surface area contributed by atoms with Crippen molar-refractivity contribution in [3.63, 3.8) is 0 Å². The maximum atomic E-state index is 9.18. The third-order valence-corrected chi connectivity index (χ3v) is 2.52. The van der Waals surface area contributed by atoms with Crippen LogP contribution in [0.4, 0.5) is 0 Å². The van der Waals surface area contributed by atoms with Crippen LogP contribution < -0.4 is 0 Å². The molecule has 0 saturated carbocycles. The minimum Gasteiger partial charge on any atom is -0.396 e. The van der Waals surface area contributed by atoms with Gasteiger partial charge in [0.2, 0.25) is 0 Å². The molecule has 2 rings (SSSR count). The van der Waals surface area contributed by atoms with Crippen molar-refractivity contribution in [2.75, 3.05) is 6.61 Å². The molecule has 0 saturated heterocycles. The lowest BCUT2D eigenvalue weighted by molar-refractivity contribution is 0.273. The zero-order chi connectivity index (χ0) is 10.7. The molecule has 1 aromatic carbocycles. The van der Waals surface area contributed by atoms with E-state index in [-0.39, 0.29) is 12.5 Å². The highest BCUT2D eigenvalue weighted by Crippen LogP contribution is 2.26. The summed E-state index contributed by atoms with van der Waals surface area (Å²) < 4.78 is 0. The van der Waals surface area contributed by atoms with Crippen LogP contribution in [0, 0.1) is 0 Å². The molecule has 0 aliphatic rings. The van der Waals surface area contributed by atoms with E-state index >= 15 is 0 Å². The lowest BCUT2D eigenvalue weighted by Crippen LogP contribution is -2.01.